The van der Waals surface area contributed by atoms with E-state index in [2.05, 4.69) is 10.3 Å². The number of carbonyl (C=O) groups is 1. The number of hydrogen-bond donors (Lipinski definition) is 2. The molecule has 0 radical (unpaired) electrons. The monoisotopic (exact) mass is 304 g/mol. The van der Waals surface area contributed by atoms with Crippen molar-refractivity contribution in [3.05, 3.63) is 59.7 Å². The summed E-state index contributed by atoms with van der Waals surface area (Å²) in [6, 6.07) is 7.12. The molecule has 0 saturated carbocycles. The van der Waals surface area contributed by atoms with Crippen LogP contribution in [0, 0.1) is 5.82 Å². The number of halogens is 1. The summed E-state index contributed by atoms with van der Waals surface area (Å²) in [6.45, 7) is 0.312. The van der Waals surface area contributed by atoms with Crippen LogP contribution in [0.2, 0.25) is 0 Å². The lowest BCUT2D eigenvalue weighted by atomic mass is 10.0. The number of pyridine rings is 1. The molecule has 2 rings (SSSR count). The number of ether oxygens (including phenoxy) is 1. The van der Waals surface area contributed by atoms with Crippen LogP contribution in [0.25, 0.3) is 0 Å². The minimum Gasteiger partial charge on any atom is -0.384 e. The second kappa shape index (κ2) is 7.63. The Hall–Kier alpha value is -2.31. The lowest BCUT2D eigenvalue weighted by Crippen LogP contribution is -2.16. The molecule has 5 nitrogen and oxygen atoms in total. The summed E-state index contributed by atoms with van der Waals surface area (Å²) in [6.07, 6.45) is 2.20. The summed E-state index contributed by atoms with van der Waals surface area (Å²) in [7, 11) is 1.52. The van der Waals surface area contributed by atoms with Crippen LogP contribution in [0.4, 0.5) is 10.1 Å². The number of aliphatic hydroxyl groups is 1. The average molecular weight is 304 g/mol. The lowest BCUT2D eigenvalue weighted by molar-refractivity contribution is -0.117. The molecule has 1 amide bonds. The quantitative estimate of drug-likeness (QED) is 0.859. The zero-order valence-electron chi connectivity index (χ0n) is 12.1. The second-order valence-electron chi connectivity index (χ2n) is 4.71. The maximum atomic E-state index is 13.0. The van der Waals surface area contributed by atoms with E-state index in [0.717, 1.165) is 0 Å². The van der Waals surface area contributed by atoms with Crippen molar-refractivity contribution < 1.29 is 19.0 Å². The summed E-state index contributed by atoms with van der Waals surface area (Å²) in [5.41, 5.74) is 1.43. The Morgan fingerprint density at radius 3 is 2.77 bits per heavy atom. The van der Waals surface area contributed by atoms with E-state index in [-0.39, 0.29) is 18.1 Å². The number of carbonyl (C=O) groups excluding carboxylic acids is 1. The molecule has 0 aliphatic rings. The number of hydrogen-bond acceptors (Lipinski definition) is 4. The maximum absolute atomic E-state index is 13.0. The van der Waals surface area contributed by atoms with Crippen molar-refractivity contribution in [3.63, 3.8) is 0 Å². The van der Waals surface area contributed by atoms with Gasteiger partial charge in [-0.15, -0.1) is 0 Å². The third-order valence-electron chi connectivity index (χ3n) is 3.14. The van der Waals surface area contributed by atoms with Gasteiger partial charge in [0.1, 0.15) is 11.9 Å². The van der Waals surface area contributed by atoms with E-state index in [9.17, 15) is 14.3 Å². The molecule has 0 saturated heterocycles. The Kier molecular flexibility index (Phi) is 5.57. The number of rotatable bonds is 6. The van der Waals surface area contributed by atoms with E-state index >= 15 is 0 Å². The van der Waals surface area contributed by atoms with E-state index in [1.165, 1.54) is 43.8 Å². The summed E-state index contributed by atoms with van der Waals surface area (Å²) < 4.78 is 17.8. The molecule has 1 heterocycles. The first kappa shape index (κ1) is 16.1. The van der Waals surface area contributed by atoms with Crippen LogP contribution in [-0.2, 0) is 9.53 Å². The number of methoxy groups -OCH3 is 1. The normalized spacial score (nSPS) is 12.0. The second-order valence-corrected chi connectivity index (χ2v) is 4.71. The molecule has 1 atom stereocenters. The first-order valence-corrected chi connectivity index (χ1v) is 6.78. The summed E-state index contributed by atoms with van der Waals surface area (Å²) in [4.78, 5) is 15.8. The summed E-state index contributed by atoms with van der Waals surface area (Å²) >= 11 is 0. The fraction of sp³-hybridized carbons (Fsp3) is 0.250. The van der Waals surface area contributed by atoms with Crippen LogP contribution in [0.5, 0.6) is 0 Å². The van der Waals surface area contributed by atoms with E-state index in [0.29, 0.717) is 23.4 Å². The van der Waals surface area contributed by atoms with Crippen molar-refractivity contribution in [1.29, 1.82) is 0 Å². The minimum absolute atomic E-state index is 0.213. The van der Waals surface area contributed by atoms with Crippen molar-refractivity contribution >= 4 is 11.6 Å². The van der Waals surface area contributed by atoms with Gasteiger partial charge in [0, 0.05) is 30.8 Å². The van der Waals surface area contributed by atoms with Gasteiger partial charge in [0.25, 0.3) is 0 Å². The number of nitrogens with one attached hydrogen (secondary N) is 1. The number of nitrogens with zero attached hydrogens (tertiary/aromatic N) is 1. The number of benzene rings is 1. The zero-order chi connectivity index (χ0) is 15.9. The molecular formula is C16H17FN2O3. The smallest absolute Gasteiger partial charge is 0.226 e. The molecule has 0 aliphatic heterocycles. The molecule has 1 aromatic heterocycles. The Morgan fingerprint density at radius 1 is 1.36 bits per heavy atom. The average Bonchev–Trinajstić information content (AvgIpc) is 2.53. The molecular weight excluding hydrogens is 287 g/mol. The van der Waals surface area contributed by atoms with Crippen LogP contribution in [0.3, 0.4) is 0 Å². The van der Waals surface area contributed by atoms with Gasteiger partial charge in [-0.1, -0.05) is 12.1 Å². The Labute approximate surface area is 127 Å². The summed E-state index contributed by atoms with van der Waals surface area (Å²) in [5.74, 6) is -0.601. The highest BCUT2D eigenvalue weighted by atomic mass is 19.1. The molecule has 0 aliphatic carbocycles. The van der Waals surface area contributed by atoms with Crippen LogP contribution < -0.4 is 5.32 Å². The van der Waals surface area contributed by atoms with Gasteiger partial charge in [0.2, 0.25) is 5.91 Å². The first-order chi connectivity index (χ1) is 10.6. The van der Waals surface area contributed by atoms with Gasteiger partial charge in [-0.05, 0) is 23.8 Å². The lowest BCUT2D eigenvalue weighted by Gasteiger charge is -2.16. The van der Waals surface area contributed by atoms with Gasteiger partial charge in [0.15, 0.2) is 0 Å². The number of aliphatic hydroxyl groups excluding tert-OH is 1. The predicted molar refractivity (Wildman–Crippen MR) is 79.8 cm³/mol. The standard InChI is InChI=1S/C16H17FN2O3/c1-22-9-7-15(20)19-14-6-8-18-10-13(14)16(21)11-2-4-12(17)5-3-11/h2-6,8,10,16,21H,7,9H2,1H3,(H,18,19,20). The molecule has 2 N–H and O–H groups in total. The van der Waals surface area contributed by atoms with Gasteiger partial charge >= 0.3 is 0 Å². The van der Waals surface area contributed by atoms with Crippen molar-refractivity contribution in [2.75, 3.05) is 19.0 Å². The molecule has 116 valence electrons. The Morgan fingerprint density at radius 2 is 2.09 bits per heavy atom. The van der Waals surface area contributed by atoms with Crippen LogP contribution in [0.1, 0.15) is 23.7 Å². The van der Waals surface area contributed by atoms with Crippen molar-refractivity contribution in [3.8, 4) is 0 Å². The minimum atomic E-state index is -1.01. The van der Waals surface area contributed by atoms with Crippen molar-refractivity contribution in [2.24, 2.45) is 0 Å². The van der Waals surface area contributed by atoms with Gasteiger partial charge in [-0.3, -0.25) is 9.78 Å². The zero-order valence-corrected chi connectivity index (χ0v) is 12.1. The number of anilines is 1. The van der Waals surface area contributed by atoms with Gasteiger partial charge < -0.3 is 15.2 Å². The van der Waals surface area contributed by atoms with Crippen LogP contribution in [-0.4, -0.2) is 29.7 Å². The SMILES string of the molecule is COCCC(=O)Nc1ccncc1C(O)c1ccc(F)cc1. The molecule has 6 heteroatoms. The van der Waals surface area contributed by atoms with E-state index in [4.69, 9.17) is 4.74 Å². The van der Waals surface area contributed by atoms with Crippen molar-refractivity contribution in [2.45, 2.75) is 12.5 Å². The highest BCUT2D eigenvalue weighted by Gasteiger charge is 2.16. The molecule has 0 spiro atoms. The third kappa shape index (κ3) is 4.09. The highest BCUT2D eigenvalue weighted by Crippen LogP contribution is 2.27. The first-order valence-electron chi connectivity index (χ1n) is 6.78. The molecule has 0 fully saturated rings. The molecule has 2 aromatic rings. The van der Waals surface area contributed by atoms with E-state index in [1.807, 2.05) is 0 Å². The molecule has 1 unspecified atom stereocenters. The van der Waals surface area contributed by atoms with E-state index in [1.54, 1.807) is 6.07 Å². The summed E-state index contributed by atoms with van der Waals surface area (Å²) in [5, 5.41) is 13.1. The largest absolute Gasteiger partial charge is 0.384 e. The topological polar surface area (TPSA) is 71.5 Å². The predicted octanol–water partition coefficient (Wildman–Crippen LogP) is 2.28. The van der Waals surface area contributed by atoms with Crippen molar-refractivity contribution in [1.82, 2.24) is 4.98 Å². The highest BCUT2D eigenvalue weighted by molar-refractivity contribution is 5.91. The fourth-order valence-corrected chi connectivity index (χ4v) is 1.97. The molecule has 0 bridgehead atoms. The van der Waals surface area contributed by atoms with Gasteiger partial charge in [0.05, 0.1) is 13.0 Å². The van der Waals surface area contributed by atoms with E-state index < -0.39 is 6.10 Å². The van der Waals surface area contributed by atoms with Gasteiger partial charge in [-0.25, -0.2) is 4.39 Å². The maximum Gasteiger partial charge on any atom is 0.226 e. The molecule has 22 heavy (non-hydrogen) atoms. The Bertz CT molecular complexity index is 632. The van der Waals surface area contributed by atoms with Gasteiger partial charge in [-0.2, -0.15) is 0 Å². The third-order valence-corrected chi connectivity index (χ3v) is 3.14. The Balaban J connectivity index is 2.20. The van der Waals surface area contributed by atoms with Crippen LogP contribution >= 0.6 is 0 Å². The number of amides is 1. The van der Waals surface area contributed by atoms with Crippen LogP contribution in [0.15, 0.2) is 42.7 Å². The number of aromatic nitrogens is 1. The molecule has 1 aromatic carbocycles. The fourth-order valence-electron chi connectivity index (χ4n) is 1.97.